The Morgan fingerprint density at radius 3 is 2.15 bits per heavy atom. The van der Waals surface area contributed by atoms with Crippen LogP contribution in [0.1, 0.15) is 31.8 Å². The quantitative estimate of drug-likeness (QED) is 0.121. The molecule has 176 valence electrons. The van der Waals surface area contributed by atoms with Crippen molar-refractivity contribution in [1.82, 2.24) is 10.3 Å². The second-order valence-electron chi connectivity index (χ2n) is 7.35. The lowest BCUT2D eigenvalue weighted by molar-refractivity contribution is 0.0977. The average Bonchev–Trinajstić information content (AvgIpc) is 2.82. The Morgan fingerprint density at radius 1 is 0.788 bits per heavy atom. The summed E-state index contributed by atoms with van der Waals surface area (Å²) in [5, 5.41) is 41.4. The van der Waals surface area contributed by atoms with Gasteiger partial charge in [-0.25, -0.2) is 0 Å². The molecule has 0 saturated carbocycles. The van der Waals surface area contributed by atoms with E-state index >= 15 is 0 Å². The number of ketones is 2. The Kier molecular flexibility index (Phi) is 8.30. The van der Waals surface area contributed by atoms with Crippen LogP contribution in [-0.4, -0.2) is 84.4 Å². The minimum atomic E-state index is -0.483. The molecule has 3 rings (SSSR count). The summed E-state index contributed by atoms with van der Waals surface area (Å²) in [7, 11) is 0. The van der Waals surface area contributed by atoms with E-state index in [0.29, 0.717) is 31.0 Å². The summed E-state index contributed by atoms with van der Waals surface area (Å²) in [5.74, 6) is -1.14. The zero-order chi connectivity index (χ0) is 23.8. The van der Waals surface area contributed by atoms with E-state index in [1.165, 1.54) is 18.2 Å². The molecule has 11 nitrogen and oxygen atoms in total. The van der Waals surface area contributed by atoms with Gasteiger partial charge in [-0.05, 0) is 18.2 Å². The number of aliphatic hydroxyl groups excluding tert-OH is 2. The largest absolute Gasteiger partial charge is 0.507 e. The lowest BCUT2D eigenvalue weighted by Crippen LogP contribution is -2.29. The SMILES string of the molecule is O=NN(CCO)CCNc1ccc(NCCNCCO)c2c1C(=O)c1c(O)cccc1C2=O. The van der Waals surface area contributed by atoms with E-state index in [0.717, 1.165) is 5.01 Å². The van der Waals surface area contributed by atoms with Crippen molar-refractivity contribution in [1.29, 1.82) is 0 Å². The van der Waals surface area contributed by atoms with E-state index < -0.39 is 5.78 Å². The standard InChI is InChI=1S/C22H27N5O6/c28-12-9-23-6-7-24-15-4-5-16(25-8-10-27(26-33)11-13-29)20-19(15)21(31)14-2-1-3-17(30)18(14)22(20)32/h1-5,23-25,28-30H,6-13H2. The number of phenolic OH excluding ortho intramolecular Hbond substituents is 1. The Labute approximate surface area is 190 Å². The lowest BCUT2D eigenvalue weighted by atomic mass is 9.81. The number of anilines is 2. The van der Waals surface area contributed by atoms with Gasteiger partial charge in [-0.3, -0.25) is 14.6 Å². The molecule has 0 amide bonds. The summed E-state index contributed by atoms with van der Waals surface area (Å²) >= 11 is 0. The zero-order valence-electron chi connectivity index (χ0n) is 18.0. The van der Waals surface area contributed by atoms with Gasteiger partial charge in [-0.1, -0.05) is 12.1 Å². The fraction of sp³-hybridized carbons (Fsp3) is 0.364. The Balaban J connectivity index is 1.93. The predicted molar refractivity (Wildman–Crippen MR) is 123 cm³/mol. The second-order valence-corrected chi connectivity index (χ2v) is 7.35. The fourth-order valence-electron chi connectivity index (χ4n) is 3.71. The molecule has 1 aliphatic rings. The molecule has 2 aromatic carbocycles. The highest BCUT2D eigenvalue weighted by atomic mass is 16.3. The van der Waals surface area contributed by atoms with E-state index in [1.807, 2.05) is 0 Å². The van der Waals surface area contributed by atoms with Crippen molar-refractivity contribution >= 4 is 22.9 Å². The molecular formula is C22H27N5O6. The number of nitroso groups, excluding NO2 is 1. The molecule has 0 atom stereocenters. The van der Waals surface area contributed by atoms with Crippen molar-refractivity contribution < 1.29 is 24.9 Å². The number of aromatic hydroxyl groups is 1. The number of hydrogen-bond acceptors (Lipinski definition) is 10. The van der Waals surface area contributed by atoms with Crippen LogP contribution in [0.5, 0.6) is 5.75 Å². The first-order chi connectivity index (χ1) is 16.0. The number of nitrogens with one attached hydrogen (secondary N) is 3. The summed E-state index contributed by atoms with van der Waals surface area (Å²) in [6, 6.07) is 7.73. The molecule has 2 aromatic rings. The van der Waals surface area contributed by atoms with E-state index in [2.05, 4.69) is 21.2 Å². The minimum Gasteiger partial charge on any atom is -0.507 e. The summed E-state index contributed by atoms with van der Waals surface area (Å²) < 4.78 is 0. The second kappa shape index (κ2) is 11.4. The molecule has 0 saturated heterocycles. The third-order valence-electron chi connectivity index (χ3n) is 5.24. The highest BCUT2D eigenvalue weighted by Gasteiger charge is 2.35. The van der Waals surface area contributed by atoms with Gasteiger partial charge in [0.05, 0.1) is 48.3 Å². The molecule has 0 fully saturated rings. The van der Waals surface area contributed by atoms with Crippen molar-refractivity contribution in [3.05, 3.63) is 57.5 Å². The van der Waals surface area contributed by atoms with Gasteiger partial charge >= 0.3 is 0 Å². The van der Waals surface area contributed by atoms with Crippen LogP contribution >= 0.6 is 0 Å². The van der Waals surface area contributed by atoms with Gasteiger partial charge in [-0.15, -0.1) is 4.91 Å². The topological polar surface area (TPSA) is 164 Å². The van der Waals surface area contributed by atoms with Crippen LogP contribution in [-0.2, 0) is 0 Å². The minimum absolute atomic E-state index is 0.0123. The fourth-order valence-corrected chi connectivity index (χ4v) is 3.71. The monoisotopic (exact) mass is 457 g/mol. The zero-order valence-corrected chi connectivity index (χ0v) is 18.0. The van der Waals surface area contributed by atoms with E-state index in [4.69, 9.17) is 10.2 Å². The van der Waals surface area contributed by atoms with E-state index in [9.17, 15) is 19.6 Å². The molecular weight excluding hydrogens is 430 g/mol. The van der Waals surface area contributed by atoms with Crippen LogP contribution in [0.25, 0.3) is 0 Å². The smallest absolute Gasteiger partial charge is 0.200 e. The maximum absolute atomic E-state index is 13.4. The highest BCUT2D eigenvalue weighted by Crippen LogP contribution is 2.39. The van der Waals surface area contributed by atoms with Crippen molar-refractivity contribution in [3.8, 4) is 5.75 Å². The van der Waals surface area contributed by atoms with Crippen molar-refractivity contribution in [3.63, 3.8) is 0 Å². The molecule has 6 N–H and O–H groups in total. The molecule has 33 heavy (non-hydrogen) atoms. The van der Waals surface area contributed by atoms with Crippen LogP contribution in [0.15, 0.2) is 35.6 Å². The molecule has 0 aromatic heterocycles. The molecule has 0 radical (unpaired) electrons. The van der Waals surface area contributed by atoms with Crippen molar-refractivity contribution in [2.75, 3.05) is 63.1 Å². The highest BCUT2D eigenvalue weighted by molar-refractivity contribution is 6.32. The van der Waals surface area contributed by atoms with E-state index in [-0.39, 0.29) is 66.6 Å². The third kappa shape index (κ3) is 5.28. The number of carbonyl (C=O) groups is 2. The van der Waals surface area contributed by atoms with Gasteiger partial charge in [0.2, 0.25) is 0 Å². The lowest BCUT2D eigenvalue weighted by Gasteiger charge is -2.24. The number of phenols is 1. The van der Waals surface area contributed by atoms with Crippen molar-refractivity contribution in [2.45, 2.75) is 0 Å². The Morgan fingerprint density at radius 2 is 1.48 bits per heavy atom. The first-order valence-electron chi connectivity index (χ1n) is 10.6. The normalized spacial score (nSPS) is 12.2. The summed E-state index contributed by atoms with van der Waals surface area (Å²) in [6.45, 7) is 1.70. The van der Waals surface area contributed by atoms with Gasteiger partial charge in [0.15, 0.2) is 11.6 Å². The Hall–Kier alpha value is -3.54. The number of fused-ring (bicyclic) bond motifs is 2. The summed E-state index contributed by atoms with van der Waals surface area (Å²) in [6.07, 6.45) is 0. The van der Waals surface area contributed by atoms with Crippen molar-refractivity contribution in [2.24, 2.45) is 5.29 Å². The van der Waals surface area contributed by atoms with Crippen LogP contribution in [0.3, 0.4) is 0 Å². The molecule has 0 aliphatic heterocycles. The van der Waals surface area contributed by atoms with Gasteiger partial charge in [-0.2, -0.15) is 0 Å². The van der Waals surface area contributed by atoms with Gasteiger partial charge in [0.25, 0.3) is 0 Å². The van der Waals surface area contributed by atoms with Gasteiger partial charge < -0.3 is 31.3 Å². The van der Waals surface area contributed by atoms with Gasteiger partial charge in [0, 0.05) is 43.1 Å². The van der Waals surface area contributed by atoms with Crippen LogP contribution in [0, 0.1) is 4.91 Å². The summed E-state index contributed by atoms with van der Waals surface area (Å²) in [4.78, 5) is 37.6. The number of benzene rings is 2. The van der Waals surface area contributed by atoms with Gasteiger partial charge in [0.1, 0.15) is 5.75 Å². The molecule has 11 heteroatoms. The first-order valence-corrected chi connectivity index (χ1v) is 10.6. The number of nitrogens with zero attached hydrogens (tertiary/aromatic N) is 2. The number of rotatable bonds is 13. The number of carbonyl (C=O) groups excluding carboxylic acids is 2. The molecule has 0 spiro atoms. The third-order valence-corrected chi connectivity index (χ3v) is 5.24. The summed E-state index contributed by atoms with van der Waals surface area (Å²) in [5.41, 5.74) is 1.28. The van der Waals surface area contributed by atoms with Crippen LogP contribution in [0.4, 0.5) is 11.4 Å². The number of aliphatic hydroxyl groups is 2. The molecule has 0 heterocycles. The number of hydrogen-bond donors (Lipinski definition) is 6. The van der Waals surface area contributed by atoms with Crippen LogP contribution < -0.4 is 16.0 Å². The first kappa shape index (κ1) is 24.1. The van der Waals surface area contributed by atoms with E-state index in [1.54, 1.807) is 12.1 Å². The molecule has 1 aliphatic carbocycles. The molecule has 0 bridgehead atoms. The predicted octanol–water partition coefficient (Wildman–Crippen LogP) is 0.549. The maximum Gasteiger partial charge on any atom is 0.200 e. The molecule has 0 unspecified atom stereocenters. The Bertz CT molecular complexity index is 1030. The average molecular weight is 457 g/mol. The van der Waals surface area contributed by atoms with Crippen LogP contribution in [0.2, 0.25) is 0 Å². The maximum atomic E-state index is 13.4.